The largest absolute Gasteiger partial charge is 0.372 e. The summed E-state index contributed by atoms with van der Waals surface area (Å²) in [6, 6.07) is 5.27. The van der Waals surface area contributed by atoms with Crippen molar-refractivity contribution in [1.29, 1.82) is 0 Å². The van der Waals surface area contributed by atoms with Gasteiger partial charge in [0.05, 0.1) is 5.69 Å². The molecule has 0 heterocycles. The molecule has 17 heavy (non-hydrogen) atoms. The van der Waals surface area contributed by atoms with Gasteiger partial charge in [0.1, 0.15) is 5.82 Å². The van der Waals surface area contributed by atoms with Crippen LogP contribution >= 0.6 is 0 Å². The Morgan fingerprint density at radius 3 is 2.65 bits per heavy atom. The summed E-state index contributed by atoms with van der Waals surface area (Å²) >= 11 is 0. The molecule has 0 aliphatic heterocycles. The van der Waals surface area contributed by atoms with Gasteiger partial charge in [0.15, 0.2) is 0 Å². The summed E-state index contributed by atoms with van der Waals surface area (Å²) in [6.45, 7) is 5.95. The second-order valence-electron chi connectivity index (χ2n) is 4.88. The van der Waals surface area contributed by atoms with Crippen LogP contribution in [0.1, 0.15) is 25.8 Å². The molecule has 2 nitrogen and oxygen atoms in total. The van der Waals surface area contributed by atoms with Crippen LogP contribution in [0, 0.1) is 11.7 Å². The molecule has 0 spiro atoms. The first-order valence-corrected chi connectivity index (χ1v) is 6.19. The van der Waals surface area contributed by atoms with Gasteiger partial charge in [-0.15, -0.1) is 0 Å². The molecule has 0 unspecified atom stereocenters. The third kappa shape index (κ3) is 4.00. The van der Waals surface area contributed by atoms with Gasteiger partial charge in [0, 0.05) is 20.1 Å². The van der Waals surface area contributed by atoms with Crippen molar-refractivity contribution in [2.75, 3.05) is 25.5 Å². The lowest BCUT2D eigenvalue weighted by molar-refractivity contribution is 0.572. The fraction of sp³-hybridized carbons (Fsp3) is 0.571. The first kappa shape index (κ1) is 14.0. The molecule has 96 valence electrons. The van der Waals surface area contributed by atoms with Crippen molar-refractivity contribution in [3.05, 3.63) is 29.6 Å². The lowest BCUT2D eigenvalue weighted by Gasteiger charge is -2.24. The highest BCUT2D eigenvalue weighted by Crippen LogP contribution is 2.24. The number of rotatable bonds is 6. The van der Waals surface area contributed by atoms with Crippen molar-refractivity contribution in [2.45, 2.75) is 26.8 Å². The Bertz CT molecular complexity index is 350. The van der Waals surface area contributed by atoms with Crippen molar-refractivity contribution >= 4 is 5.69 Å². The predicted octanol–water partition coefficient (Wildman–Crippen LogP) is 3.03. The van der Waals surface area contributed by atoms with Crippen LogP contribution in [-0.2, 0) is 6.54 Å². The molecule has 0 saturated carbocycles. The maximum Gasteiger partial charge on any atom is 0.146 e. The first-order chi connectivity index (χ1) is 8.06. The summed E-state index contributed by atoms with van der Waals surface area (Å²) in [5.41, 5.74) is 1.74. The number of anilines is 1. The Kier molecular flexibility index (Phi) is 5.42. The molecule has 0 aliphatic rings. The number of halogens is 1. The summed E-state index contributed by atoms with van der Waals surface area (Å²) in [6.07, 6.45) is 1.07. The third-order valence-corrected chi connectivity index (χ3v) is 2.86. The average molecular weight is 238 g/mol. The summed E-state index contributed by atoms with van der Waals surface area (Å²) < 4.78 is 13.9. The van der Waals surface area contributed by atoms with Crippen molar-refractivity contribution in [3.63, 3.8) is 0 Å². The van der Waals surface area contributed by atoms with Gasteiger partial charge in [-0.05, 0) is 31.0 Å². The van der Waals surface area contributed by atoms with Crippen LogP contribution in [0.5, 0.6) is 0 Å². The van der Waals surface area contributed by atoms with E-state index in [1.807, 2.05) is 25.1 Å². The molecular weight excluding hydrogens is 215 g/mol. The zero-order valence-electron chi connectivity index (χ0n) is 11.3. The second kappa shape index (κ2) is 6.60. The molecule has 3 heteroatoms. The number of nitrogens with one attached hydrogen (secondary N) is 1. The molecule has 1 N–H and O–H groups in total. The smallest absolute Gasteiger partial charge is 0.146 e. The van der Waals surface area contributed by atoms with Crippen LogP contribution in [0.15, 0.2) is 18.2 Å². The third-order valence-electron chi connectivity index (χ3n) is 2.86. The molecular formula is C14H23FN2. The predicted molar refractivity (Wildman–Crippen MR) is 71.9 cm³/mol. The van der Waals surface area contributed by atoms with E-state index in [1.54, 1.807) is 6.07 Å². The molecule has 0 fully saturated rings. The van der Waals surface area contributed by atoms with Gasteiger partial charge < -0.3 is 10.2 Å². The maximum atomic E-state index is 13.9. The van der Waals surface area contributed by atoms with Crippen LogP contribution in [0.25, 0.3) is 0 Å². The minimum atomic E-state index is -0.135. The van der Waals surface area contributed by atoms with Gasteiger partial charge in [-0.1, -0.05) is 26.0 Å². The van der Waals surface area contributed by atoms with Crippen molar-refractivity contribution in [1.82, 2.24) is 5.32 Å². The summed E-state index contributed by atoms with van der Waals surface area (Å²) in [5.74, 6) is 0.501. The maximum absolute atomic E-state index is 13.9. The Morgan fingerprint density at radius 1 is 1.35 bits per heavy atom. The number of hydrogen-bond acceptors (Lipinski definition) is 2. The van der Waals surface area contributed by atoms with Crippen LogP contribution in [0.4, 0.5) is 10.1 Å². The number of benzene rings is 1. The summed E-state index contributed by atoms with van der Waals surface area (Å²) in [4.78, 5) is 2.02. The zero-order valence-corrected chi connectivity index (χ0v) is 11.3. The quantitative estimate of drug-likeness (QED) is 0.819. The molecule has 1 rings (SSSR count). The van der Waals surface area contributed by atoms with Crippen LogP contribution in [0.3, 0.4) is 0 Å². The number of para-hydroxylation sites is 1. The average Bonchev–Trinajstić information content (AvgIpc) is 2.26. The number of hydrogen-bond donors (Lipinski definition) is 1. The Balaban J connectivity index is 2.86. The van der Waals surface area contributed by atoms with E-state index in [4.69, 9.17) is 0 Å². The Labute approximate surface area is 104 Å². The fourth-order valence-electron chi connectivity index (χ4n) is 1.88. The van der Waals surface area contributed by atoms with Gasteiger partial charge in [-0.25, -0.2) is 4.39 Å². The van der Waals surface area contributed by atoms with Gasteiger partial charge >= 0.3 is 0 Å². The molecule has 1 aromatic rings. The number of nitrogens with zero attached hydrogens (tertiary/aromatic N) is 1. The fourth-order valence-corrected chi connectivity index (χ4v) is 1.88. The van der Waals surface area contributed by atoms with Crippen LogP contribution in [0.2, 0.25) is 0 Å². The van der Waals surface area contributed by atoms with Gasteiger partial charge in [-0.2, -0.15) is 0 Å². The van der Waals surface area contributed by atoms with Gasteiger partial charge in [-0.3, -0.25) is 0 Å². The second-order valence-corrected chi connectivity index (χ2v) is 4.88. The van der Waals surface area contributed by atoms with E-state index in [1.165, 1.54) is 6.07 Å². The van der Waals surface area contributed by atoms with E-state index >= 15 is 0 Å². The highest BCUT2D eigenvalue weighted by atomic mass is 19.1. The lowest BCUT2D eigenvalue weighted by atomic mass is 10.1. The molecule has 0 aromatic heterocycles. The highest BCUT2D eigenvalue weighted by molar-refractivity contribution is 5.54. The van der Waals surface area contributed by atoms with Gasteiger partial charge in [0.2, 0.25) is 0 Å². The monoisotopic (exact) mass is 238 g/mol. The Hall–Kier alpha value is -1.09. The van der Waals surface area contributed by atoms with Crippen molar-refractivity contribution in [2.24, 2.45) is 5.92 Å². The normalized spacial score (nSPS) is 10.9. The summed E-state index contributed by atoms with van der Waals surface area (Å²) in [7, 11) is 3.84. The van der Waals surface area contributed by atoms with Gasteiger partial charge in [0.25, 0.3) is 0 Å². The first-order valence-electron chi connectivity index (χ1n) is 6.19. The minimum Gasteiger partial charge on any atom is -0.372 e. The molecule has 0 radical (unpaired) electrons. The molecule has 0 aliphatic carbocycles. The van der Waals surface area contributed by atoms with Crippen molar-refractivity contribution in [3.8, 4) is 0 Å². The van der Waals surface area contributed by atoms with Crippen molar-refractivity contribution < 1.29 is 4.39 Å². The van der Waals surface area contributed by atoms with E-state index in [-0.39, 0.29) is 5.82 Å². The van der Waals surface area contributed by atoms with E-state index < -0.39 is 0 Å². The standard InChI is InChI=1S/C14H23FN2/c1-11(2)8-9-17(4)14-12(10-16-3)6-5-7-13(14)15/h5-7,11,16H,8-10H2,1-4H3. The molecule has 1 aromatic carbocycles. The van der Waals surface area contributed by atoms with E-state index in [0.29, 0.717) is 12.5 Å². The minimum absolute atomic E-state index is 0.135. The zero-order chi connectivity index (χ0) is 12.8. The lowest BCUT2D eigenvalue weighted by Crippen LogP contribution is -2.23. The SMILES string of the molecule is CNCc1cccc(F)c1N(C)CCC(C)C. The van der Waals surface area contributed by atoms with Crippen LogP contribution in [-0.4, -0.2) is 20.6 Å². The molecule has 0 amide bonds. The molecule has 0 atom stereocenters. The van der Waals surface area contributed by atoms with E-state index in [2.05, 4.69) is 19.2 Å². The summed E-state index contributed by atoms with van der Waals surface area (Å²) in [5, 5.41) is 3.08. The Morgan fingerprint density at radius 2 is 2.06 bits per heavy atom. The molecule has 0 bridgehead atoms. The highest BCUT2D eigenvalue weighted by Gasteiger charge is 2.12. The topological polar surface area (TPSA) is 15.3 Å². The van der Waals surface area contributed by atoms with Crippen LogP contribution < -0.4 is 10.2 Å². The van der Waals surface area contributed by atoms with E-state index in [0.717, 1.165) is 24.2 Å². The van der Waals surface area contributed by atoms with E-state index in [9.17, 15) is 4.39 Å². The molecule has 0 saturated heterocycles.